The number of para-hydroxylation sites is 1. The first-order chi connectivity index (χ1) is 16.9. The average molecular weight is 491 g/mol. The van der Waals surface area contributed by atoms with Gasteiger partial charge in [-0.05, 0) is 51.1 Å². The molecule has 0 saturated heterocycles. The summed E-state index contributed by atoms with van der Waals surface area (Å²) >= 11 is 1.30. The molecule has 1 atom stereocenters. The number of rotatable bonds is 6. The van der Waals surface area contributed by atoms with Crippen molar-refractivity contribution in [2.24, 2.45) is 0 Å². The van der Waals surface area contributed by atoms with Gasteiger partial charge in [-0.2, -0.15) is 0 Å². The van der Waals surface area contributed by atoms with Crippen LogP contribution in [-0.4, -0.2) is 28.1 Å². The van der Waals surface area contributed by atoms with Crippen LogP contribution in [0.4, 0.5) is 10.8 Å². The van der Waals surface area contributed by atoms with Gasteiger partial charge in [0, 0.05) is 10.9 Å². The molecule has 0 saturated carbocycles. The number of anilines is 2. The lowest BCUT2D eigenvalue weighted by Crippen LogP contribution is -2.34. The zero-order valence-corrected chi connectivity index (χ0v) is 20.1. The highest BCUT2D eigenvalue weighted by Crippen LogP contribution is 2.35. The van der Waals surface area contributed by atoms with Crippen LogP contribution in [0.15, 0.2) is 52.4 Å². The molecule has 35 heavy (non-hydrogen) atoms. The Balaban J connectivity index is 1.30. The van der Waals surface area contributed by atoms with Gasteiger partial charge >= 0.3 is 0 Å². The monoisotopic (exact) mass is 490 g/mol. The summed E-state index contributed by atoms with van der Waals surface area (Å²) in [5.41, 5.74) is 4.05. The van der Waals surface area contributed by atoms with E-state index in [1.54, 1.807) is 43.3 Å². The molecule has 0 aliphatic carbocycles. The number of fused-ring (bicyclic) bond motifs is 1. The fraction of sp³-hybridized carbons (Fsp3) is 0.200. The molecule has 0 fully saturated rings. The van der Waals surface area contributed by atoms with Crippen LogP contribution in [-0.2, 0) is 11.4 Å². The summed E-state index contributed by atoms with van der Waals surface area (Å²) in [5.74, 6) is 1.21. The Bertz CT molecular complexity index is 1410. The summed E-state index contributed by atoms with van der Waals surface area (Å²) < 4.78 is 16.7. The smallest absolute Gasteiger partial charge is 0.265 e. The lowest BCUT2D eigenvalue weighted by Gasteiger charge is -2.23. The molecule has 1 aliphatic rings. The minimum Gasteiger partial charge on any atom is -0.488 e. The number of hydrogen-bond donors (Lipinski definition) is 2. The second-order valence-corrected chi connectivity index (χ2v) is 8.90. The largest absolute Gasteiger partial charge is 0.488 e. The first kappa shape index (κ1) is 22.6. The number of benzene rings is 2. The zero-order valence-electron chi connectivity index (χ0n) is 19.2. The van der Waals surface area contributed by atoms with Crippen molar-refractivity contribution in [2.45, 2.75) is 33.5 Å². The molecule has 3 heterocycles. The van der Waals surface area contributed by atoms with Crippen LogP contribution >= 0.6 is 11.3 Å². The molecule has 0 spiro atoms. The highest BCUT2D eigenvalue weighted by molar-refractivity contribution is 7.14. The molecule has 9 nitrogen and oxygen atoms in total. The Morgan fingerprint density at radius 3 is 2.86 bits per heavy atom. The van der Waals surface area contributed by atoms with E-state index in [2.05, 4.69) is 20.8 Å². The van der Waals surface area contributed by atoms with Crippen molar-refractivity contribution in [3.05, 3.63) is 70.4 Å². The van der Waals surface area contributed by atoms with Gasteiger partial charge in [0.1, 0.15) is 23.9 Å². The van der Waals surface area contributed by atoms with Gasteiger partial charge in [-0.25, -0.2) is 4.98 Å². The van der Waals surface area contributed by atoms with Crippen LogP contribution in [0.1, 0.15) is 34.3 Å². The summed E-state index contributed by atoms with van der Waals surface area (Å²) in [5, 5.41) is 11.9. The van der Waals surface area contributed by atoms with Crippen molar-refractivity contribution in [2.75, 3.05) is 10.6 Å². The van der Waals surface area contributed by atoms with Crippen molar-refractivity contribution in [1.82, 2.24) is 10.1 Å². The number of nitrogens with zero attached hydrogens (tertiary/aromatic N) is 2. The fourth-order valence-corrected chi connectivity index (χ4v) is 4.35. The number of aromatic nitrogens is 2. The minimum atomic E-state index is -0.536. The maximum atomic E-state index is 13.0. The summed E-state index contributed by atoms with van der Waals surface area (Å²) in [6.45, 7) is 5.60. The van der Waals surface area contributed by atoms with E-state index >= 15 is 0 Å². The number of aryl methyl sites for hydroxylation is 2. The van der Waals surface area contributed by atoms with E-state index < -0.39 is 6.10 Å². The van der Waals surface area contributed by atoms with Crippen LogP contribution in [0.3, 0.4) is 0 Å². The van der Waals surface area contributed by atoms with Gasteiger partial charge < -0.3 is 19.3 Å². The summed E-state index contributed by atoms with van der Waals surface area (Å²) in [4.78, 5) is 29.5. The van der Waals surface area contributed by atoms with Gasteiger partial charge in [0.2, 0.25) is 0 Å². The van der Waals surface area contributed by atoms with E-state index in [1.165, 1.54) is 11.3 Å². The van der Waals surface area contributed by atoms with Crippen molar-refractivity contribution >= 4 is 34.0 Å². The number of carbonyl (C=O) groups is 2. The first-order valence-corrected chi connectivity index (χ1v) is 11.8. The molecule has 2 aromatic heterocycles. The number of nitrogens with one attached hydrogen (secondary N) is 2. The van der Waals surface area contributed by atoms with E-state index in [0.717, 1.165) is 16.8 Å². The summed E-state index contributed by atoms with van der Waals surface area (Å²) in [7, 11) is 0. The zero-order chi connectivity index (χ0) is 24.5. The van der Waals surface area contributed by atoms with Crippen molar-refractivity contribution in [3.8, 4) is 22.8 Å². The van der Waals surface area contributed by atoms with E-state index in [1.807, 2.05) is 25.3 Å². The van der Waals surface area contributed by atoms with Gasteiger partial charge in [0.25, 0.3) is 11.8 Å². The topological polar surface area (TPSA) is 116 Å². The molecule has 0 bridgehead atoms. The number of ether oxygens (including phenoxy) is 2. The lowest BCUT2D eigenvalue weighted by molar-refractivity contribution is -0.122. The Kier molecular flexibility index (Phi) is 5.96. The third-order valence-electron chi connectivity index (χ3n) is 5.62. The molecule has 0 radical (unpaired) electrons. The van der Waals surface area contributed by atoms with Gasteiger partial charge in [0.05, 0.1) is 28.2 Å². The van der Waals surface area contributed by atoms with Gasteiger partial charge in [-0.1, -0.05) is 17.3 Å². The molecule has 2 N–H and O–H groups in total. The highest BCUT2D eigenvalue weighted by atomic mass is 32.1. The normalized spacial score (nSPS) is 14.6. The standard InChI is InChI=1S/C25H22N4O5S/c1-13-18(14(2)34-29-13)11-32-21-7-5-4-6-17(21)24(31)28-25-27-20(12-35-25)16-8-9-22-19(10-16)26-23(30)15(3)33-22/h4-10,12,15H,11H2,1-3H3,(H,26,30)(H,27,28,31). The number of hydrogen-bond acceptors (Lipinski definition) is 8. The number of thiazole rings is 1. The Hall–Kier alpha value is -4.18. The van der Waals surface area contributed by atoms with Crippen LogP contribution < -0.4 is 20.1 Å². The van der Waals surface area contributed by atoms with Crippen LogP contribution in [0.5, 0.6) is 11.5 Å². The molecule has 1 unspecified atom stereocenters. The van der Waals surface area contributed by atoms with Crippen LogP contribution in [0.2, 0.25) is 0 Å². The molecule has 178 valence electrons. The highest BCUT2D eigenvalue weighted by Gasteiger charge is 2.24. The average Bonchev–Trinajstić information content (AvgIpc) is 3.44. The van der Waals surface area contributed by atoms with E-state index in [-0.39, 0.29) is 18.4 Å². The minimum absolute atomic E-state index is 0.198. The molecule has 4 aromatic rings. The predicted octanol–water partition coefficient (Wildman–Crippen LogP) is 4.97. The van der Waals surface area contributed by atoms with Crippen molar-refractivity contribution < 1.29 is 23.6 Å². The van der Waals surface area contributed by atoms with Gasteiger partial charge in [0.15, 0.2) is 11.2 Å². The lowest BCUT2D eigenvalue weighted by atomic mass is 10.1. The van der Waals surface area contributed by atoms with E-state index in [0.29, 0.717) is 39.3 Å². The second-order valence-electron chi connectivity index (χ2n) is 8.04. The summed E-state index contributed by atoms with van der Waals surface area (Å²) in [6, 6.07) is 12.5. The van der Waals surface area contributed by atoms with Crippen LogP contribution in [0.25, 0.3) is 11.3 Å². The first-order valence-electron chi connectivity index (χ1n) is 10.9. The van der Waals surface area contributed by atoms with E-state index in [4.69, 9.17) is 14.0 Å². The Morgan fingerprint density at radius 1 is 1.23 bits per heavy atom. The quantitative estimate of drug-likeness (QED) is 0.392. The third-order valence-corrected chi connectivity index (χ3v) is 6.37. The molecule has 10 heteroatoms. The molecule has 5 rings (SSSR count). The van der Waals surface area contributed by atoms with Crippen LogP contribution in [0, 0.1) is 13.8 Å². The maximum absolute atomic E-state index is 13.0. The molecule has 1 aliphatic heterocycles. The number of amides is 2. The fourth-order valence-electron chi connectivity index (χ4n) is 3.63. The molecule has 2 amide bonds. The Labute approximate surface area is 205 Å². The van der Waals surface area contributed by atoms with Gasteiger partial charge in [-0.3, -0.25) is 14.9 Å². The molecular weight excluding hydrogens is 468 g/mol. The van der Waals surface area contributed by atoms with Crippen molar-refractivity contribution in [1.29, 1.82) is 0 Å². The van der Waals surface area contributed by atoms with Gasteiger partial charge in [-0.15, -0.1) is 11.3 Å². The molecule has 2 aromatic carbocycles. The van der Waals surface area contributed by atoms with Crippen molar-refractivity contribution in [3.63, 3.8) is 0 Å². The SMILES string of the molecule is Cc1noc(C)c1COc1ccccc1C(=O)Nc1nc(-c2ccc3c(c2)NC(=O)C(C)O3)cs1. The third kappa shape index (κ3) is 4.60. The maximum Gasteiger partial charge on any atom is 0.265 e. The Morgan fingerprint density at radius 2 is 2.06 bits per heavy atom. The summed E-state index contributed by atoms with van der Waals surface area (Å²) in [6.07, 6.45) is -0.536. The predicted molar refractivity (Wildman–Crippen MR) is 131 cm³/mol. The van der Waals surface area contributed by atoms with E-state index in [9.17, 15) is 9.59 Å². The number of carbonyl (C=O) groups excluding carboxylic acids is 2. The molecular formula is C25H22N4O5S. The second kappa shape index (κ2) is 9.22.